The van der Waals surface area contributed by atoms with Crippen LogP contribution in [0.1, 0.15) is 42.5 Å². The number of aromatic hydroxyl groups is 1. The molecule has 3 rings (SSSR count). The normalized spacial score (nSPS) is 11.7. The standard InChI is InChI=1S/C21H22N4O2/c1-21(2,3)19-13-17(25(24-19)16-10-5-4-6-11-16)20(27)23-22-14-15-9-7-8-12-18(15)26/h4-14,26H,1-3H3,(H,23,27)/b22-14-. The van der Waals surface area contributed by atoms with Crippen LogP contribution < -0.4 is 5.43 Å². The van der Waals surface area contributed by atoms with Crippen molar-refractivity contribution in [3.05, 3.63) is 77.6 Å². The number of nitrogens with zero attached hydrogens (tertiary/aromatic N) is 3. The second-order valence-electron chi connectivity index (χ2n) is 7.17. The maximum atomic E-state index is 12.7. The molecule has 2 N–H and O–H groups in total. The molecule has 0 radical (unpaired) electrons. The van der Waals surface area contributed by atoms with Crippen molar-refractivity contribution in [2.75, 3.05) is 0 Å². The van der Waals surface area contributed by atoms with Crippen LogP contribution in [0.4, 0.5) is 0 Å². The molecule has 0 saturated heterocycles. The van der Waals surface area contributed by atoms with Crippen LogP contribution in [0, 0.1) is 0 Å². The van der Waals surface area contributed by atoms with Crippen molar-refractivity contribution < 1.29 is 9.90 Å². The van der Waals surface area contributed by atoms with Gasteiger partial charge in [-0.15, -0.1) is 0 Å². The topological polar surface area (TPSA) is 79.5 Å². The van der Waals surface area contributed by atoms with E-state index < -0.39 is 0 Å². The number of amides is 1. The van der Waals surface area contributed by atoms with E-state index in [1.165, 1.54) is 6.21 Å². The second kappa shape index (κ2) is 7.45. The van der Waals surface area contributed by atoms with Crippen LogP contribution >= 0.6 is 0 Å². The minimum absolute atomic E-state index is 0.0971. The van der Waals surface area contributed by atoms with Crippen molar-refractivity contribution in [2.45, 2.75) is 26.2 Å². The predicted molar refractivity (Wildman–Crippen MR) is 105 cm³/mol. The van der Waals surface area contributed by atoms with E-state index in [1.807, 2.05) is 51.1 Å². The lowest BCUT2D eigenvalue weighted by atomic mass is 9.92. The van der Waals surface area contributed by atoms with Crippen molar-refractivity contribution >= 4 is 12.1 Å². The second-order valence-corrected chi connectivity index (χ2v) is 7.17. The number of hydrogen-bond donors (Lipinski definition) is 2. The number of hydrogen-bond acceptors (Lipinski definition) is 4. The van der Waals surface area contributed by atoms with E-state index in [2.05, 4.69) is 15.6 Å². The Labute approximate surface area is 158 Å². The maximum Gasteiger partial charge on any atom is 0.290 e. The summed E-state index contributed by atoms with van der Waals surface area (Å²) in [5.74, 6) is -0.284. The Kier molecular flexibility index (Phi) is 5.07. The molecule has 0 spiro atoms. The Bertz CT molecular complexity index is 969. The first-order valence-corrected chi connectivity index (χ1v) is 8.63. The zero-order valence-electron chi connectivity index (χ0n) is 15.5. The molecule has 0 aliphatic carbocycles. The predicted octanol–water partition coefficient (Wildman–Crippen LogP) is 3.64. The van der Waals surface area contributed by atoms with E-state index in [0.29, 0.717) is 11.3 Å². The van der Waals surface area contributed by atoms with Gasteiger partial charge in [-0.2, -0.15) is 10.2 Å². The monoisotopic (exact) mass is 362 g/mol. The number of para-hydroxylation sites is 2. The van der Waals surface area contributed by atoms with Gasteiger partial charge >= 0.3 is 0 Å². The molecule has 0 atom stereocenters. The van der Waals surface area contributed by atoms with E-state index in [9.17, 15) is 9.90 Å². The number of aromatic nitrogens is 2. The molecular formula is C21H22N4O2. The summed E-state index contributed by atoms with van der Waals surface area (Å²) in [6, 6.07) is 18.0. The van der Waals surface area contributed by atoms with Crippen LogP contribution in [0.2, 0.25) is 0 Å². The van der Waals surface area contributed by atoms with Crippen LogP contribution in [0.5, 0.6) is 5.75 Å². The molecule has 6 nitrogen and oxygen atoms in total. The molecule has 138 valence electrons. The molecule has 0 fully saturated rings. The molecule has 6 heteroatoms. The zero-order valence-corrected chi connectivity index (χ0v) is 15.5. The zero-order chi connectivity index (χ0) is 19.4. The number of phenols is 1. The summed E-state index contributed by atoms with van der Waals surface area (Å²) in [6.45, 7) is 6.13. The number of hydrazone groups is 1. The number of benzene rings is 2. The number of nitrogens with one attached hydrogen (secondary N) is 1. The summed E-state index contributed by atoms with van der Waals surface area (Å²) in [5, 5.41) is 18.3. The Morgan fingerprint density at radius 1 is 1.11 bits per heavy atom. The molecule has 0 bridgehead atoms. The minimum atomic E-state index is -0.381. The van der Waals surface area contributed by atoms with Gasteiger partial charge in [0.2, 0.25) is 0 Å². The van der Waals surface area contributed by atoms with Gasteiger partial charge in [-0.1, -0.05) is 51.1 Å². The van der Waals surface area contributed by atoms with Gasteiger partial charge in [-0.25, -0.2) is 10.1 Å². The quantitative estimate of drug-likeness (QED) is 0.549. The van der Waals surface area contributed by atoms with Crippen LogP contribution in [0.25, 0.3) is 5.69 Å². The third kappa shape index (κ3) is 4.23. The molecule has 1 aromatic heterocycles. The van der Waals surface area contributed by atoms with Crippen molar-refractivity contribution in [1.82, 2.24) is 15.2 Å². The summed E-state index contributed by atoms with van der Waals surface area (Å²) in [4.78, 5) is 12.7. The highest BCUT2D eigenvalue weighted by atomic mass is 16.3. The SMILES string of the molecule is CC(C)(C)c1cc(C(=O)N/N=C\c2ccccc2O)n(-c2ccccc2)n1. The van der Waals surface area contributed by atoms with Crippen LogP contribution in [0.15, 0.2) is 65.8 Å². The third-order valence-corrected chi connectivity index (χ3v) is 4.02. The molecular weight excluding hydrogens is 340 g/mol. The van der Waals surface area contributed by atoms with E-state index >= 15 is 0 Å². The fraction of sp³-hybridized carbons (Fsp3) is 0.190. The third-order valence-electron chi connectivity index (χ3n) is 4.02. The molecule has 27 heavy (non-hydrogen) atoms. The summed E-state index contributed by atoms with van der Waals surface area (Å²) in [7, 11) is 0. The average Bonchev–Trinajstić information content (AvgIpc) is 3.10. The fourth-order valence-electron chi connectivity index (χ4n) is 2.49. The highest BCUT2D eigenvalue weighted by molar-refractivity contribution is 5.94. The van der Waals surface area contributed by atoms with E-state index in [0.717, 1.165) is 11.4 Å². The molecule has 0 aliphatic rings. The first-order valence-electron chi connectivity index (χ1n) is 8.63. The van der Waals surface area contributed by atoms with Gasteiger partial charge in [0.1, 0.15) is 11.4 Å². The van der Waals surface area contributed by atoms with Gasteiger partial charge < -0.3 is 5.11 Å². The molecule has 3 aromatic rings. The van der Waals surface area contributed by atoms with E-state index in [-0.39, 0.29) is 17.1 Å². The molecule has 2 aromatic carbocycles. The lowest BCUT2D eigenvalue weighted by molar-refractivity contribution is 0.0947. The smallest absolute Gasteiger partial charge is 0.290 e. The Morgan fingerprint density at radius 2 is 1.78 bits per heavy atom. The lowest BCUT2D eigenvalue weighted by Crippen LogP contribution is -2.21. The highest BCUT2D eigenvalue weighted by Crippen LogP contribution is 2.23. The van der Waals surface area contributed by atoms with Gasteiger partial charge in [0, 0.05) is 11.0 Å². The molecule has 0 saturated carbocycles. The van der Waals surface area contributed by atoms with Gasteiger partial charge in [-0.3, -0.25) is 4.79 Å². The Hall–Kier alpha value is -3.41. The van der Waals surface area contributed by atoms with Crippen molar-refractivity contribution in [3.8, 4) is 11.4 Å². The van der Waals surface area contributed by atoms with Gasteiger partial charge in [0.15, 0.2) is 0 Å². The van der Waals surface area contributed by atoms with Gasteiger partial charge in [0.05, 0.1) is 17.6 Å². The van der Waals surface area contributed by atoms with Crippen molar-refractivity contribution in [2.24, 2.45) is 5.10 Å². The first-order chi connectivity index (χ1) is 12.9. The summed E-state index contributed by atoms with van der Waals surface area (Å²) in [6.07, 6.45) is 1.40. The fourth-order valence-corrected chi connectivity index (χ4v) is 2.49. The summed E-state index contributed by atoms with van der Waals surface area (Å²) in [5.41, 5.74) is 4.82. The van der Waals surface area contributed by atoms with Gasteiger partial charge in [0.25, 0.3) is 5.91 Å². The number of carbonyl (C=O) groups excluding carboxylic acids is 1. The van der Waals surface area contributed by atoms with Gasteiger partial charge in [-0.05, 0) is 30.3 Å². The van der Waals surface area contributed by atoms with E-state index in [4.69, 9.17) is 0 Å². The number of phenolic OH excluding ortho intramolecular Hbond substituents is 1. The largest absolute Gasteiger partial charge is 0.507 e. The highest BCUT2D eigenvalue weighted by Gasteiger charge is 2.23. The van der Waals surface area contributed by atoms with E-state index in [1.54, 1.807) is 35.0 Å². The summed E-state index contributed by atoms with van der Waals surface area (Å²) < 4.78 is 1.62. The first kappa shape index (κ1) is 18.4. The molecule has 1 amide bonds. The van der Waals surface area contributed by atoms with Crippen LogP contribution in [-0.4, -0.2) is 27.0 Å². The Balaban J connectivity index is 1.89. The van der Waals surface area contributed by atoms with Crippen molar-refractivity contribution in [1.29, 1.82) is 0 Å². The van der Waals surface area contributed by atoms with Crippen LogP contribution in [-0.2, 0) is 5.41 Å². The molecule has 0 unspecified atom stereocenters. The Morgan fingerprint density at radius 3 is 2.44 bits per heavy atom. The van der Waals surface area contributed by atoms with Crippen LogP contribution in [0.3, 0.4) is 0 Å². The number of rotatable bonds is 4. The number of carbonyl (C=O) groups is 1. The molecule has 0 aliphatic heterocycles. The van der Waals surface area contributed by atoms with Crippen molar-refractivity contribution in [3.63, 3.8) is 0 Å². The molecule has 1 heterocycles. The average molecular weight is 362 g/mol. The lowest BCUT2D eigenvalue weighted by Gasteiger charge is -2.14. The summed E-state index contributed by atoms with van der Waals surface area (Å²) >= 11 is 0. The maximum absolute atomic E-state index is 12.7. The minimum Gasteiger partial charge on any atom is -0.507 e.